The minimum Gasteiger partial charge on any atom is -0.322 e. The topological polar surface area (TPSA) is 48.5 Å². The number of halogens is 1. The van der Waals surface area contributed by atoms with E-state index in [1.165, 1.54) is 37.8 Å². The average Bonchev–Trinajstić information content (AvgIpc) is 3.18. The second-order valence-corrected chi connectivity index (χ2v) is 8.59. The minimum absolute atomic E-state index is 0.309. The molecule has 3 aromatic heterocycles. The van der Waals surface area contributed by atoms with Gasteiger partial charge in [-0.15, -0.1) is 0 Å². The summed E-state index contributed by atoms with van der Waals surface area (Å²) in [4.78, 5) is 9.47. The van der Waals surface area contributed by atoms with Crippen molar-refractivity contribution in [2.45, 2.75) is 49.0 Å². The maximum Gasteiger partial charge on any atom is 0.144 e. The van der Waals surface area contributed by atoms with E-state index in [1.54, 1.807) is 0 Å². The summed E-state index contributed by atoms with van der Waals surface area (Å²) in [7, 11) is 1.97. The lowest BCUT2D eigenvalue weighted by molar-refractivity contribution is 0.362. The van der Waals surface area contributed by atoms with Gasteiger partial charge in [-0.05, 0) is 25.8 Å². The third kappa shape index (κ3) is 2.85. The van der Waals surface area contributed by atoms with Crippen LogP contribution in [-0.2, 0) is 7.05 Å². The van der Waals surface area contributed by atoms with Crippen LogP contribution in [0.15, 0.2) is 24.7 Å². The van der Waals surface area contributed by atoms with Crippen LogP contribution in [0.25, 0.3) is 22.3 Å². The van der Waals surface area contributed by atoms with Gasteiger partial charge in [0.15, 0.2) is 0 Å². The van der Waals surface area contributed by atoms with Gasteiger partial charge in [0.25, 0.3) is 0 Å². The lowest BCUT2D eigenvalue weighted by Crippen LogP contribution is -2.14. The molecule has 0 amide bonds. The highest BCUT2D eigenvalue weighted by atomic mass is 127. The van der Waals surface area contributed by atoms with Crippen molar-refractivity contribution in [3.8, 4) is 11.3 Å². The lowest BCUT2D eigenvalue weighted by atomic mass is 9.95. The Bertz CT molecular complexity index is 858. The van der Waals surface area contributed by atoms with Crippen LogP contribution in [-0.4, -0.2) is 24.3 Å². The molecular formula is C18H22IN5. The van der Waals surface area contributed by atoms with Crippen LogP contribution in [0.2, 0.25) is 0 Å². The fourth-order valence-electron chi connectivity index (χ4n) is 3.70. The Morgan fingerprint density at radius 2 is 2.00 bits per heavy atom. The van der Waals surface area contributed by atoms with E-state index in [0.717, 1.165) is 22.4 Å². The summed E-state index contributed by atoms with van der Waals surface area (Å²) in [6.45, 7) is 2.14. The van der Waals surface area contributed by atoms with Crippen molar-refractivity contribution in [1.82, 2.24) is 24.3 Å². The van der Waals surface area contributed by atoms with Crippen LogP contribution in [0.5, 0.6) is 0 Å². The van der Waals surface area contributed by atoms with Gasteiger partial charge in [-0.1, -0.05) is 41.9 Å². The van der Waals surface area contributed by atoms with Crippen molar-refractivity contribution in [3.63, 3.8) is 0 Å². The molecule has 1 unspecified atom stereocenters. The molecule has 1 aliphatic carbocycles. The normalized spacial score (nSPS) is 17.5. The van der Waals surface area contributed by atoms with Gasteiger partial charge < -0.3 is 4.57 Å². The maximum absolute atomic E-state index is 4.92. The molecule has 0 radical (unpaired) electrons. The van der Waals surface area contributed by atoms with Crippen LogP contribution in [0, 0.1) is 0 Å². The molecule has 0 aromatic carbocycles. The molecule has 4 rings (SSSR count). The predicted octanol–water partition coefficient (Wildman–Crippen LogP) is 4.83. The van der Waals surface area contributed by atoms with Crippen LogP contribution in [0.4, 0.5) is 0 Å². The molecule has 3 heterocycles. The van der Waals surface area contributed by atoms with Gasteiger partial charge >= 0.3 is 0 Å². The molecule has 6 heteroatoms. The Balaban J connectivity index is 1.93. The van der Waals surface area contributed by atoms with Crippen molar-refractivity contribution in [2.75, 3.05) is 0 Å². The summed E-state index contributed by atoms with van der Waals surface area (Å²) >= 11 is 2.38. The molecule has 0 aliphatic heterocycles. The second-order valence-electron chi connectivity index (χ2n) is 6.72. The van der Waals surface area contributed by atoms with Crippen LogP contribution >= 0.6 is 22.6 Å². The first-order valence-electron chi connectivity index (χ1n) is 8.64. The van der Waals surface area contributed by atoms with Gasteiger partial charge in [0, 0.05) is 36.4 Å². The quantitative estimate of drug-likeness (QED) is 0.437. The maximum atomic E-state index is 4.92. The zero-order chi connectivity index (χ0) is 16.7. The largest absolute Gasteiger partial charge is 0.322 e. The summed E-state index contributed by atoms with van der Waals surface area (Å²) in [6.07, 6.45) is 12.4. The molecule has 126 valence electrons. The zero-order valence-electron chi connectivity index (χ0n) is 14.1. The number of hydrogen-bond donors (Lipinski definition) is 0. The summed E-state index contributed by atoms with van der Waals surface area (Å²) in [6, 6.07) is 2.75. The highest BCUT2D eigenvalue weighted by Crippen LogP contribution is 2.37. The average molecular weight is 435 g/mol. The van der Waals surface area contributed by atoms with E-state index in [1.807, 2.05) is 24.1 Å². The van der Waals surface area contributed by atoms with E-state index in [-0.39, 0.29) is 0 Å². The molecule has 0 spiro atoms. The predicted molar refractivity (Wildman–Crippen MR) is 104 cm³/mol. The van der Waals surface area contributed by atoms with Gasteiger partial charge in [0.2, 0.25) is 0 Å². The summed E-state index contributed by atoms with van der Waals surface area (Å²) < 4.78 is 4.63. The first kappa shape index (κ1) is 16.1. The van der Waals surface area contributed by atoms with Crippen LogP contribution < -0.4 is 0 Å². The van der Waals surface area contributed by atoms with E-state index >= 15 is 0 Å². The molecule has 1 aliphatic rings. The van der Waals surface area contributed by atoms with E-state index in [9.17, 15) is 0 Å². The number of fused-ring (bicyclic) bond motifs is 1. The monoisotopic (exact) mass is 435 g/mol. The molecular weight excluding hydrogens is 413 g/mol. The van der Waals surface area contributed by atoms with Crippen molar-refractivity contribution < 1.29 is 0 Å². The first-order chi connectivity index (χ1) is 11.6. The van der Waals surface area contributed by atoms with Gasteiger partial charge in [-0.25, -0.2) is 9.97 Å². The highest BCUT2D eigenvalue weighted by Gasteiger charge is 2.23. The van der Waals surface area contributed by atoms with Gasteiger partial charge in [0.1, 0.15) is 11.5 Å². The second kappa shape index (κ2) is 6.46. The molecule has 3 aromatic rings. The van der Waals surface area contributed by atoms with Gasteiger partial charge in [0.05, 0.1) is 15.8 Å². The standard InChI is InChI=1S/C18H22IN5/c1-12(19)17-20-9-13-8-16(14-10-21-23(2)11-14)24(18(13)22-17)15-6-4-3-5-7-15/h8-12,15H,3-7H2,1-2H3. The molecule has 1 fully saturated rings. The van der Waals surface area contributed by atoms with Crippen molar-refractivity contribution >= 4 is 33.6 Å². The summed E-state index contributed by atoms with van der Waals surface area (Å²) in [5.41, 5.74) is 3.46. The Morgan fingerprint density at radius 3 is 2.67 bits per heavy atom. The Morgan fingerprint density at radius 1 is 1.21 bits per heavy atom. The number of alkyl halides is 1. The van der Waals surface area contributed by atoms with E-state index in [4.69, 9.17) is 4.98 Å². The fourth-order valence-corrected chi connectivity index (χ4v) is 4.00. The number of hydrogen-bond acceptors (Lipinski definition) is 3. The van der Waals surface area contributed by atoms with E-state index in [0.29, 0.717) is 9.97 Å². The van der Waals surface area contributed by atoms with Gasteiger partial charge in [-0.2, -0.15) is 5.10 Å². The van der Waals surface area contributed by atoms with Crippen molar-refractivity contribution in [1.29, 1.82) is 0 Å². The molecule has 5 nitrogen and oxygen atoms in total. The van der Waals surface area contributed by atoms with Crippen molar-refractivity contribution in [3.05, 3.63) is 30.5 Å². The SMILES string of the molecule is CC(I)c1ncc2cc(-c3cnn(C)c3)n(C3CCCCC3)c2n1. The molecule has 1 atom stereocenters. The number of nitrogens with zero attached hydrogens (tertiary/aromatic N) is 5. The minimum atomic E-state index is 0.309. The molecule has 0 bridgehead atoms. The smallest absolute Gasteiger partial charge is 0.144 e. The number of aryl methyl sites for hydroxylation is 1. The Kier molecular flexibility index (Phi) is 4.32. The van der Waals surface area contributed by atoms with E-state index < -0.39 is 0 Å². The molecule has 0 N–H and O–H groups in total. The Labute approximate surface area is 155 Å². The number of aromatic nitrogens is 5. The first-order valence-corrected chi connectivity index (χ1v) is 9.89. The highest BCUT2D eigenvalue weighted by molar-refractivity contribution is 14.1. The molecule has 1 saturated carbocycles. The number of rotatable bonds is 3. The van der Waals surface area contributed by atoms with Crippen molar-refractivity contribution in [2.24, 2.45) is 7.05 Å². The van der Waals surface area contributed by atoms with E-state index in [2.05, 4.69) is 56.4 Å². The fraction of sp³-hybridized carbons (Fsp3) is 0.500. The molecule has 24 heavy (non-hydrogen) atoms. The third-order valence-electron chi connectivity index (χ3n) is 4.89. The lowest BCUT2D eigenvalue weighted by Gasteiger charge is -2.26. The van der Waals surface area contributed by atoms with Crippen LogP contribution in [0.1, 0.15) is 54.8 Å². The van der Waals surface area contributed by atoms with Crippen LogP contribution in [0.3, 0.4) is 0 Å². The van der Waals surface area contributed by atoms with Gasteiger partial charge in [-0.3, -0.25) is 4.68 Å². The Hall–Kier alpha value is -1.44. The summed E-state index contributed by atoms with van der Waals surface area (Å²) in [5.74, 6) is 0.913. The molecule has 0 saturated heterocycles. The third-order valence-corrected chi connectivity index (χ3v) is 5.45. The zero-order valence-corrected chi connectivity index (χ0v) is 16.3. The summed E-state index contributed by atoms with van der Waals surface area (Å²) in [5, 5.41) is 5.49.